The van der Waals surface area contributed by atoms with Crippen LogP contribution in [0.25, 0.3) is 0 Å². The predicted molar refractivity (Wildman–Crippen MR) is 78.1 cm³/mol. The first kappa shape index (κ1) is 13.6. The Kier molecular flexibility index (Phi) is 4.06. The minimum absolute atomic E-state index is 0.00267. The number of aliphatic hydroxyl groups is 1. The van der Waals surface area contributed by atoms with Gasteiger partial charge in [0.1, 0.15) is 0 Å². The van der Waals surface area contributed by atoms with Crippen molar-refractivity contribution in [1.82, 2.24) is 5.32 Å². The van der Waals surface area contributed by atoms with Gasteiger partial charge < -0.3 is 10.4 Å². The number of aliphatic hydroxyl groups excluding tert-OH is 1. The zero-order chi connectivity index (χ0) is 13.9. The molecule has 2 saturated carbocycles. The van der Waals surface area contributed by atoms with Crippen LogP contribution in [0.4, 0.5) is 0 Å². The molecule has 2 fully saturated rings. The summed E-state index contributed by atoms with van der Waals surface area (Å²) >= 11 is 0. The molecule has 0 aliphatic heterocycles. The Hall–Kier alpha value is -1.35. The Balaban J connectivity index is 1.54. The monoisotopic (exact) mass is 273 g/mol. The van der Waals surface area contributed by atoms with Gasteiger partial charge in [-0.1, -0.05) is 43.2 Å². The second kappa shape index (κ2) is 5.96. The number of hydrogen-bond acceptors (Lipinski definition) is 2. The average molecular weight is 273 g/mol. The molecule has 0 heterocycles. The molecular formula is C17H23NO2. The van der Waals surface area contributed by atoms with Gasteiger partial charge in [-0.2, -0.15) is 0 Å². The molecule has 1 aromatic carbocycles. The molecule has 0 bridgehead atoms. The Bertz CT molecular complexity index is 447. The molecule has 1 amide bonds. The van der Waals surface area contributed by atoms with Gasteiger partial charge in [-0.05, 0) is 36.7 Å². The number of rotatable bonds is 5. The molecular weight excluding hydrogens is 250 g/mol. The highest BCUT2D eigenvalue weighted by atomic mass is 16.3. The van der Waals surface area contributed by atoms with Gasteiger partial charge in [0.25, 0.3) is 0 Å². The Labute approximate surface area is 120 Å². The van der Waals surface area contributed by atoms with E-state index in [4.69, 9.17) is 0 Å². The Morgan fingerprint density at radius 3 is 2.45 bits per heavy atom. The summed E-state index contributed by atoms with van der Waals surface area (Å²) in [6, 6.07) is 9.86. The van der Waals surface area contributed by atoms with Crippen molar-refractivity contribution in [2.24, 2.45) is 17.8 Å². The molecule has 0 spiro atoms. The van der Waals surface area contributed by atoms with Gasteiger partial charge in [-0.25, -0.2) is 0 Å². The van der Waals surface area contributed by atoms with E-state index in [0.29, 0.717) is 18.3 Å². The Morgan fingerprint density at radius 2 is 1.85 bits per heavy atom. The van der Waals surface area contributed by atoms with E-state index in [0.717, 1.165) is 5.56 Å². The largest absolute Gasteiger partial charge is 0.394 e. The quantitative estimate of drug-likeness (QED) is 0.863. The van der Waals surface area contributed by atoms with Gasteiger partial charge in [-0.15, -0.1) is 0 Å². The van der Waals surface area contributed by atoms with Crippen LogP contribution in [0.2, 0.25) is 0 Å². The fourth-order valence-corrected chi connectivity index (χ4v) is 3.74. The average Bonchev–Trinajstić information content (AvgIpc) is 3.22. The summed E-state index contributed by atoms with van der Waals surface area (Å²) in [5.41, 5.74) is 1.15. The maximum Gasteiger partial charge on any atom is 0.223 e. The van der Waals surface area contributed by atoms with Gasteiger partial charge in [0.15, 0.2) is 0 Å². The predicted octanol–water partition coefficient (Wildman–Crippen LogP) is 2.14. The normalized spacial score (nSPS) is 29.4. The molecule has 2 aliphatic carbocycles. The van der Waals surface area contributed by atoms with Crippen LogP contribution in [0, 0.1) is 17.8 Å². The summed E-state index contributed by atoms with van der Waals surface area (Å²) in [4.78, 5) is 12.3. The molecule has 3 unspecified atom stereocenters. The van der Waals surface area contributed by atoms with Crippen molar-refractivity contribution in [3.8, 4) is 0 Å². The minimum atomic E-state index is -0.160. The number of carbonyl (C=O) groups excluding carboxylic acids is 1. The van der Waals surface area contributed by atoms with Crippen molar-refractivity contribution in [2.45, 2.75) is 38.1 Å². The maximum atomic E-state index is 12.3. The smallest absolute Gasteiger partial charge is 0.223 e. The number of benzene rings is 1. The molecule has 1 aromatic rings. The summed E-state index contributed by atoms with van der Waals surface area (Å²) < 4.78 is 0. The van der Waals surface area contributed by atoms with Crippen LogP contribution < -0.4 is 5.32 Å². The number of fused-ring (bicyclic) bond motifs is 1. The Morgan fingerprint density at radius 1 is 1.20 bits per heavy atom. The standard InChI is InChI=1S/C17H23NO2/c19-11-13(10-12-6-2-1-3-7-12)18-17(20)16-14-8-4-5-9-15(14)16/h1-3,6-7,13-16,19H,4-5,8-11H2,(H,18,20). The lowest BCUT2D eigenvalue weighted by atomic mass is 10.0. The second-order valence-electron chi connectivity index (χ2n) is 6.22. The van der Waals surface area contributed by atoms with Gasteiger partial charge in [0.2, 0.25) is 5.91 Å². The first-order valence-corrected chi connectivity index (χ1v) is 7.74. The van der Waals surface area contributed by atoms with Crippen LogP contribution in [-0.2, 0) is 11.2 Å². The van der Waals surface area contributed by atoms with E-state index in [1.165, 1.54) is 25.7 Å². The van der Waals surface area contributed by atoms with Crippen LogP contribution in [0.15, 0.2) is 30.3 Å². The summed E-state index contributed by atoms with van der Waals surface area (Å²) in [5.74, 6) is 1.64. The number of amides is 1. The van der Waals surface area contributed by atoms with Gasteiger partial charge in [-0.3, -0.25) is 4.79 Å². The van der Waals surface area contributed by atoms with E-state index >= 15 is 0 Å². The second-order valence-corrected chi connectivity index (χ2v) is 6.22. The summed E-state index contributed by atoms with van der Waals surface area (Å²) in [7, 11) is 0. The fourth-order valence-electron chi connectivity index (χ4n) is 3.74. The van der Waals surface area contributed by atoms with Crippen molar-refractivity contribution in [1.29, 1.82) is 0 Å². The zero-order valence-corrected chi connectivity index (χ0v) is 11.8. The summed E-state index contributed by atoms with van der Waals surface area (Å²) in [5, 5.41) is 12.5. The zero-order valence-electron chi connectivity index (χ0n) is 11.8. The molecule has 2 aliphatic rings. The highest BCUT2D eigenvalue weighted by Gasteiger charge is 2.54. The third kappa shape index (κ3) is 2.88. The first-order chi connectivity index (χ1) is 9.79. The lowest BCUT2D eigenvalue weighted by Crippen LogP contribution is -2.40. The van der Waals surface area contributed by atoms with E-state index in [2.05, 4.69) is 5.32 Å². The SMILES string of the molecule is O=C(NC(CO)Cc1ccccc1)C1C2CCCCC21. The van der Waals surface area contributed by atoms with Crippen molar-refractivity contribution in [3.63, 3.8) is 0 Å². The van der Waals surface area contributed by atoms with E-state index in [1.807, 2.05) is 30.3 Å². The molecule has 3 atom stereocenters. The summed E-state index contributed by atoms with van der Waals surface area (Å²) in [6.07, 6.45) is 5.68. The van der Waals surface area contributed by atoms with Gasteiger partial charge in [0, 0.05) is 5.92 Å². The lowest BCUT2D eigenvalue weighted by molar-refractivity contribution is -0.123. The number of carbonyl (C=O) groups is 1. The molecule has 20 heavy (non-hydrogen) atoms. The van der Waals surface area contributed by atoms with Crippen LogP contribution >= 0.6 is 0 Å². The van der Waals surface area contributed by atoms with Crippen molar-refractivity contribution in [2.75, 3.05) is 6.61 Å². The topological polar surface area (TPSA) is 49.3 Å². The fraction of sp³-hybridized carbons (Fsp3) is 0.588. The van der Waals surface area contributed by atoms with Crippen LogP contribution in [0.3, 0.4) is 0 Å². The molecule has 3 heteroatoms. The van der Waals surface area contributed by atoms with E-state index in [9.17, 15) is 9.90 Å². The number of nitrogens with one attached hydrogen (secondary N) is 1. The van der Waals surface area contributed by atoms with Crippen molar-refractivity contribution >= 4 is 5.91 Å². The van der Waals surface area contributed by atoms with Crippen LogP contribution in [0.5, 0.6) is 0 Å². The van der Waals surface area contributed by atoms with Gasteiger partial charge in [0.05, 0.1) is 12.6 Å². The molecule has 2 N–H and O–H groups in total. The van der Waals surface area contributed by atoms with Crippen LogP contribution in [-0.4, -0.2) is 23.7 Å². The summed E-state index contributed by atoms with van der Waals surface area (Å²) in [6.45, 7) is 0.00267. The molecule has 0 aromatic heterocycles. The molecule has 3 rings (SSSR count). The van der Waals surface area contributed by atoms with Gasteiger partial charge >= 0.3 is 0 Å². The first-order valence-electron chi connectivity index (χ1n) is 7.74. The van der Waals surface area contributed by atoms with Crippen molar-refractivity contribution in [3.05, 3.63) is 35.9 Å². The molecule has 0 saturated heterocycles. The third-order valence-corrected chi connectivity index (χ3v) is 4.85. The maximum absolute atomic E-state index is 12.3. The molecule has 0 radical (unpaired) electrons. The van der Waals surface area contributed by atoms with E-state index < -0.39 is 0 Å². The lowest BCUT2D eigenvalue weighted by Gasteiger charge is -2.16. The number of hydrogen-bond donors (Lipinski definition) is 2. The molecule has 108 valence electrons. The van der Waals surface area contributed by atoms with Crippen LogP contribution in [0.1, 0.15) is 31.2 Å². The van der Waals surface area contributed by atoms with Crippen molar-refractivity contribution < 1.29 is 9.90 Å². The molecule has 3 nitrogen and oxygen atoms in total. The third-order valence-electron chi connectivity index (χ3n) is 4.85. The highest BCUT2D eigenvalue weighted by molar-refractivity contribution is 5.82. The van der Waals surface area contributed by atoms with E-state index in [1.54, 1.807) is 0 Å². The highest BCUT2D eigenvalue weighted by Crippen LogP contribution is 2.55. The minimum Gasteiger partial charge on any atom is -0.394 e. The van der Waals surface area contributed by atoms with E-state index in [-0.39, 0.29) is 24.5 Å².